The molecule has 0 aliphatic carbocycles. The maximum absolute atomic E-state index is 12.0. The van der Waals surface area contributed by atoms with E-state index in [2.05, 4.69) is 4.74 Å². The molecule has 1 rings (SSSR count). The van der Waals surface area contributed by atoms with Gasteiger partial charge in [0.2, 0.25) is 0 Å². The second kappa shape index (κ2) is 4.93. The third-order valence-corrected chi connectivity index (χ3v) is 2.09. The fourth-order valence-electron chi connectivity index (χ4n) is 1.17. The third-order valence-electron chi connectivity index (χ3n) is 1.85. The Balaban J connectivity index is 2.87. The predicted molar refractivity (Wildman–Crippen MR) is 55.6 cm³/mol. The van der Waals surface area contributed by atoms with E-state index in [1.54, 1.807) is 6.92 Å². The van der Waals surface area contributed by atoms with Gasteiger partial charge in [0, 0.05) is 16.6 Å². The highest BCUT2D eigenvalue weighted by Crippen LogP contribution is 2.28. The van der Waals surface area contributed by atoms with Crippen molar-refractivity contribution in [1.29, 1.82) is 0 Å². The molecular formula is C10H11ClF3NO. The number of hydrogen-bond acceptors (Lipinski definition) is 2. The quantitative estimate of drug-likeness (QED) is 0.897. The predicted octanol–water partition coefficient (Wildman–Crippen LogP) is 3.30. The van der Waals surface area contributed by atoms with Gasteiger partial charge < -0.3 is 10.5 Å². The number of halogens is 4. The van der Waals surface area contributed by atoms with Crippen LogP contribution in [-0.4, -0.2) is 12.8 Å². The number of alkyl halides is 3. The van der Waals surface area contributed by atoms with E-state index in [9.17, 15) is 13.2 Å². The first-order valence-electron chi connectivity index (χ1n) is 4.54. The van der Waals surface area contributed by atoms with Crippen LogP contribution in [0.15, 0.2) is 18.2 Å². The second-order valence-corrected chi connectivity index (χ2v) is 3.81. The summed E-state index contributed by atoms with van der Waals surface area (Å²) >= 11 is 5.72. The number of ether oxygens (including phenoxy) is 1. The van der Waals surface area contributed by atoms with E-state index in [-0.39, 0.29) is 5.75 Å². The van der Waals surface area contributed by atoms with Gasteiger partial charge in [-0.1, -0.05) is 11.6 Å². The molecule has 1 unspecified atom stereocenters. The van der Waals surface area contributed by atoms with Crippen molar-refractivity contribution < 1.29 is 17.9 Å². The second-order valence-electron chi connectivity index (χ2n) is 3.37. The summed E-state index contributed by atoms with van der Waals surface area (Å²) in [6.07, 6.45) is -4.37. The van der Waals surface area contributed by atoms with Crippen molar-refractivity contribution in [1.82, 2.24) is 0 Å². The van der Waals surface area contributed by atoms with Crippen molar-refractivity contribution >= 4 is 11.6 Å². The van der Waals surface area contributed by atoms with Crippen molar-refractivity contribution in [2.75, 3.05) is 6.61 Å². The van der Waals surface area contributed by atoms with Gasteiger partial charge in [-0.2, -0.15) is 13.2 Å². The summed E-state index contributed by atoms with van der Waals surface area (Å²) in [4.78, 5) is 0. The van der Waals surface area contributed by atoms with Crippen LogP contribution in [0.5, 0.6) is 5.75 Å². The maximum Gasteiger partial charge on any atom is 0.422 e. The van der Waals surface area contributed by atoms with Gasteiger partial charge in [0.15, 0.2) is 6.61 Å². The molecule has 90 valence electrons. The molecule has 0 bridgehead atoms. The minimum Gasteiger partial charge on any atom is -0.484 e. The zero-order chi connectivity index (χ0) is 12.3. The number of nitrogens with two attached hydrogens (primary N) is 1. The lowest BCUT2D eigenvalue weighted by molar-refractivity contribution is -0.153. The average Bonchev–Trinajstić information content (AvgIpc) is 2.14. The lowest BCUT2D eigenvalue weighted by Gasteiger charge is -2.15. The molecule has 0 aromatic heterocycles. The van der Waals surface area contributed by atoms with Gasteiger partial charge in [-0.15, -0.1) is 0 Å². The maximum atomic E-state index is 12.0. The van der Waals surface area contributed by atoms with Crippen LogP contribution in [-0.2, 0) is 0 Å². The molecule has 0 aliphatic rings. The van der Waals surface area contributed by atoms with Crippen LogP contribution in [0.4, 0.5) is 13.2 Å². The molecule has 2 N–H and O–H groups in total. The number of hydrogen-bond donors (Lipinski definition) is 1. The highest BCUT2D eigenvalue weighted by atomic mass is 35.5. The van der Waals surface area contributed by atoms with Crippen molar-refractivity contribution in [3.8, 4) is 5.75 Å². The molecule has 0 aliphatic heterocycles. The molecule has 16 heavy (non-hydrogen) atoms. The van der Waals surface area contributed by atoms with Crippen LogP contribution < -0.4 is 10.5 Å². The molecular weight excluding hydrogens is 243 g/mol. The summed E-state index contributed by atoms with van der Waals surface area (Å²) in [6, 6.07) is 3.89. The molecule has 2 nitrogen and oxygen atoms in total. The molecule has 0 amide bonds. The van der Waals surface area contributed by atoms with Crippen LogP contribution >= 0.6 is 11.6 Å². The molecule has 0 saturated carbocycles. The van der Waals surface area contributed by atoms with Crippen molar-refractivity contribution in [2.24, 2.45) is 5.73 Å². The van der Waals surface area contributed by atoms with Gasteiger partial charge in [0.05, 0.1) is 0 Å². The van der Waals surface area contributed by atoms with Gasteiger partial charge in [-0.3, -0.25) is 0 Å². The Hall–Kier alpha value is -0.940. The first kappa shape index (κ1) is 13.1. The fourth-order valence-corrected chi connectivity index (χ4v) is 1.35. The number of benzene rings is 1. The Kier molecular flexibility index (Phi) is 4.04. The van der Waals surface area contributed by atoms with Crippen molar-refractivity contribution in [2.45, 2.75) is 19.1 Å². The van der Waals surface area contributed by atoms with E-state index >= 15 is 0 Å². The molecule has 0 fully saturated rings. The van der Waals surface area contributed by atoms with Gasteiger partial charge in [-0.25, -0.2) is 0 Å². The summed E-state index contributed by atoms with van der Waals surface area (Å²) in [5, 5.41) is 0.409. The molecule has 6 heteroatoms. The minimum absolute atomic E-state index is 0.108. The molecule has 0 radical (unpaired) electrons. The fraction of sp³-hybridized carbons (Fsp3) is 0.400. The third kappa shape index (κ3) is 3.90. The average molecular weight is 254 g/mol. The van der Waals surface area contributed by atoms with E-state index in [4.69, 9.17) is 17.3 Å². The summed E-state index contributed by atoms with van der Waals surface area (Å²) in [6.45, 7) is 0.306. The number of rotatable bonds is 3. The van der Waals surface area contributed by atoms with E-state index < -0.39 is 18.8 Å². The SMILES string of the molecule is CC(N)c1cc(Cl)ccc1OCC(F)(F)F. The Bertz CT molecular complexity index is 366. The summed E-state index contributed by atoms with van der Waals surface area (Å²) in [5.41, 5.74) is 6.06. The van der Waals surface area contributed by atoms with Crippen molar-refractivity contribution in [3.63, 3.8) is 0 Å². The van der Waals surface area contributed by atoms with Gasteiger partial charge >= 0.3 is 6.18 Å². The molecule has 0 saturated heterocycles. The standard InChI is InChI=1S/C10H11ClF3NO/c1-6(15)8-4-7(11)2-3-9(8)16-5-10(12,13)14/h2-4,6H,5,15H2,1H3. The van der Waals surface area contributed by atoms with Crippen LogP contribution in [0, 0.1) is 0 Å². The van der Waals surface area contributed by atoms with Gasteiger partial charge in [-0.05, 0) is 25.1 Å². The Labute approximate surface area is 96.1 Å². The monoisotopic (exact) mass is 253 g/mol. The summed E-state index contributed by atoms with van der Waals surface area (Å²) in [5.74, 6) is 0.108. The van der Waals surface area contributed by atoms with E-state index in [0.29, 0.717) is 10.6 Å². The van der Waals surface area contributed by atoms with Crippen LogP contribution in [0.2, 0.25) is 5.02 Å². The van der Waals surface area contributed by atoms with E-state index in [0.717, 1.165) is 0 Å². The molecule has 0 spiro atoms. The highest BCUT2D eigenvalue weighted by Gasteiger charge is 2.29. The van der Waals surface area contributed by atoms with E-state index in [1.165, 1.54) is 18.2 Å². The van der Waals surface area contributed by atoms with Crippen molar-refractivity contribution in [3.05, 3.63) is 28.8 Å². The first-order chi connectivity index (χ1) is 7.29. The zero-order valence-corrected chi connectivity index (χ0v) is 9.27. The highest BCUT2D eigenvalue weighted by molar-refractivity contribution is 6.30. The summed E-state index contributed by atoms with van der Waals surface area (Å²) in [7, 11) is 0. The largest absolute Gasteiger partial charge is 0.484 e. The lowest BCUT2D eigenvalue weighted by Crippen LogP contribution is -2.20. The Morgan fingerprint density at radius 3 is 2.56 bits per heavy atom. The van der Waals surface area contributed by atoms with E-state index in [1.807, 2.05) is 0 Å². The smallest absolute Gasteiger partial charge is 0.422 e. The zero-order valence-electron chi connectivity index (χ0n) is 8.51. The lowest BCUT2D eigenvalue weighted by atomic mass is 10.1. The Morgan fingerprint density at radius 2 is 2.06 bits per heavy atom. The molecule has 1 aromatic carbocycles. The summed E-state index contributed by atoms with van der Waals surface area (Å²) < 4.78 is 40.6. The molecule has 1 aromatic rings. The first-order valence-corrected chi connectivity index (χ1v) is 4.92. The minimum atomic E-state index is -4.37. The van der Waals surface area contributed by atoms with Crippen LogP contribution in [0.3, 0.4) is 0 Å². The molecule has 0 heterocycles. The van der Waals surface area contributed by atoms with Crippen LogP contribution in [0.1, 0.15) is 18.5 Å². The van der Waals surface area contributed by atoms with Gasteiger partial charge in [0.25, 0.3) is 0 Å². The molecule has 1 atom stereocenters. The normalized spacial score (nSPS) is 13.6. The van der Waals surface area contributed by atoms with Crippen LogP contribution in [0.25, 0.3) is 0 Å². The topological polar surface area (TPSA) is 35.2 Å². The van der Waals surface area contributed by atoms with Gasteiger partial charge in [0.1, 0.15) is 5.75 Å². The Morgan fingerprint density at radius 1 is 1.44 bits per heavy atom.